The van der Waals surface area contributed by atoms with Gasteiger partial charge in [0.05, 0.1) is 19.3 Å². The molecule has 0 aliphatic carbocycles. The molecular formula is C11H14O3. The maximum absolute atomic E-state index is 11.1. The predicted molar refractivity (Wildman–Crippen MR) is 53.4 cm³/mol. The summed E-state index contributed by atoms with van der Waals surface area (Å²) in [6.07, 6.45) is 0.859. The van der Waals surface area contributed by atoms with Gasteiger partial charge in [0.25, 0.3) is 0 Å². The van der Waals surface area contributed by atoms with E-state index in [1.54, 1.807) is 19.2 Å². The average Bonchev–Trinajstić information content (AvgIpc) is 2.26. The lowest BCUT2D eigenvalue weighted by molar-refractivity contribution is 0.0600. The van der Waals surface area contributed by atoms with Gasteiger partial charge in [-0.05, 0) is 24.1 Å². The van der Waals surface area contributed by atoms with Gasteiger partial charge in [0.15, 0.2) is 0 Å². The van der Waals surface area contributed by atoms with Crippen molar-refractivity contribution in [1.82, 2.24) is 0 Å². The van der Waals surface area contributed by atoms with Gasteiger partial charge in [-0.3, -0.25) is 0 Å². The molecule has 1 aromatic carbocycles. The number of rotatable bonds is 4. The van der Waals surface area contributed by atoms with Crippen LogP contribution in [-0.2, 0) is 15.9 Å². The van der Waals surface area contributed by atoms with Gasteiger partial charge >= 0.3 is 5.97 Å². The molecule has 0 saturated carbocycles. The molecule has 0 aliphatic heterocycles. The summed E-state index contributed by atoms with van der Waals surface area (Å²) >= 11 is 0. The average molecular weight is 194 g/mol. The number of methoxy groups -OCH3 is 2. The predicted octanol–water partition coefficient (Wildman–Crippen LogP) is 1.66. The van der Waals surface area contributed by atoms with Crippen LogP contribution < -0.4 is 0 Å². The molecule has 0 amide bonds. The van der Waals surface area contributed by atoms with Crippen LogP contribution >= 0.6 is 0 Å². The van der Waals surface area contributed by atoms with Crippen LogP contribution in [0.15, 0.2) is 24.3 Å². The minimum Gasteiger partial charge on any atom is -0.465 e. The molecule has 0 spiro atoms. The molecule has 0 N–H and O–H groups in total. The second kappa shape index (κ2) is 5.40. The molecule has 3 heteroatoms. The Bertz CT molecular complexity index is 290. The van der Waals surface area contributed by atoms with Crippen molar-refractivity contribution in [2.75, 3.05) is 20.8 Å². The van der Waals surface area contributed by atoms with Gasteiger partial charge in [-0.1, -0.05) is 12.1 Å². The first-order chi connectivity index (χ1) is 6.77. The standard InChI is InChI=1S/C11H14O3/c1-13-8-7-9-3-5-10(6-4-9)11(12)14-2/h3-6H,7-8H2,1-2H3. The van der Waals surface area contributed by atoms with E-state index >= 15 is 0 Å². The topological polar surface area (TPSA) is 35.5 Å². The van der Waals surface area contributed by atoms with Crippen molar-refractivity contribution in [1.29, 1.82) is 0 Å². The number of ether oxygens (including phenoxy) is 2. The molecule has 0 unspecified atom stereocenters. The zero-order valence-electron chi connectivity index (χ0n) is 8.45. The minimum absolute atomic E-state index is 0.303. The van der Waals surface area contributed by atoms with E-state index in [4.69, 9.17) is 4.74 Å². The lowest BCUT2D eigenvalue weighted by atomic mass is 10.1. The Balaban J connectivity index is 2.63. The number of carbonyl (C=O) groups excluding carboxylic acids is 1. The van der Waals surface area contributed by atoms with Gasteiger partial charge in [-0.15, -0.1) is 0 Å². The fourth-order valence-corrected chi connectivity index (χ4v) is 1.15. The fraction of sp³-hybridized carbons (Fsp3) is 0.364. The van der Waals surface area contributed by atoms with Crippen LogP contribution in [0.3, 0.4) is 0 Å². The van der Waals surface area contributed by atoms with Gasteiger partial charge in [0.2, 0.25) is 0 Å². The van der Waals surface area contributed by atoms with E-state index in [9.17, 15) is 4.79 Å². The first-order valence-electron chi connectivity index (χ1n) is 4.44. The van der Waals surface area contributed by atoms with Crippen molar-refractivity contribution < 1.29 is 14.3 Å². The molecule has 76 valence electrons. The van der Waals surface area contributed by atoms with E-state index in [0.717, 1.165) is 12.0 Å². The highest BCUT2D eigenvalue weighted by Crippen LogP contribution is 2.06. The number of hydrogen-bond acceptors (Lipinski definition) is 3. The van der Waals surface area contributed by atoms with Crippen LogP contribution in [-0.4, -0.2) is 26.8 Å². The van der Waals surface area contributed by atoms with Gasteiger partial charge in [0.1, 0.15) is 0 Å². The van der Waals surface area contributed by atoms with Crippen molar-refractivity contribution in [2.24, 2.45) is 0 Å². The molecule has 0 heterocycles. The summed E-state index contributed by atoms with van der Waals surface area (Å²) < 4.78 is 9.55. The highest BCUT2D eigenvalue weighted by atomic mass is 16.5. The maximum Gasteiger partial charge on any atom is 0.337 e. The van der Waals surface area contributed by atoms with Crippen molar-refractivity contribution in [3.63, 3.8) is 0 Å². The molecule has 0 radical (unpaired) electrons. The lowest BCUT2D eigenvalue weighted by Gasteiger charge is -2.02. The van der Waals surface area contributed by atoms with Gasteiger partial charge in [0, 0.05) is 7.11 Å². The molecule has 14 heavy (non-hydrogen) atoms. The minimum atomic E-state index is -0.303. The summed E-state index contributed by atoms with van der Waals surface area (Å²) in [5.74, 6) is -0.303. The first kappa shape index (κ1) is 10.7. The van der Waals surface area contributed by atoms with Crippen LogP contribution in [0.5, 0.6) is 0 Å². The molecule has 0 fully saturated rings. The molecule has 1 aromatic rings. The number of carbonyl (C=O) groups is 1. The Morgan fingerprint density at radius 3 is 2.36 bits per heavy atom. The Morgan fingerprint density at radius 1 is 1.21 bits per heavy atom. The third kappa shape index (κ3) is 2.85. The summed E-state index contributed by atoms with van der Waals surface area (Å²) in [5.41, 5.74) is 1.73. The largest absolute Gasteiger partial charge is 0.465 e. The zero-order valence-corrected chi connectivity index (χ0v) is 8.45. The first-order valence-corrected chi connectivity index (χ1v) is 4.44. The Hall–Kier alpha value is -1.35. The molecular weight excluding hydrogens is 180 g/mol. The summed E-state index contributed by atoms with van der Waals surface area (Å²) in [5, 5.41) is 0. The van der Waals surface area contributed by atoms with E-state index in [2.05, 4.69) is 4.74 Å². The summed E-state index contributed by atoms with van der Waals surface area (Å²) in [6.45, 7) is 0.692. The Labute approximate surface area is 83.6 Å². The van der Waals surface area contributed by atoms with Crippen LogP contribution in [0.1, 0.15) is 15.9 Å². The Kier molecular flexibility index (Phi) is 4.13. The van der Waals surface area contributed by atoms with Crippen LogP contribution in [0.25, 0.3) is 0 Å². The normalized spacial score (nSPS) is 9.86. The SMILES string of the molecule is COCCc1ccc(C(=O)OC)cc1. The molecule has 3 nitrogen and oxygen atoms in total. The highest BCUT2D eigenvalue weighted by Gasteiger charge is 2.03. The fourth-order valence-electron chi connectivity index (χ4n) is 1.15. The van der Waals surface area contributed by atoms with Crippen LogP contribution in [0.2, 0.25) is 0 Å². The maximum atomic E-state index is 11.1. The molecule has 0 saturated heterocycles. The third-order valence-electron chi connectivity index (χ3n) is 1.97. The van der Waals surface area contributed by atoms with Crippen LogP contribution in [0, 0.1) is 0 Å². The molecule has 0 aliphatic rings. The number of hydrogen-bond donors (Lipinski definition) is 0. The summed E-state index contributed by atoms with van der Waals surface area (Å²) in [6, 6.07) is 7.34. The molecule has 0 atom stereocenters. The third-order valence-corrected chi connectivity index (χ3v) is 1.97. The van der Waals surface area contributed by atoms with Crippen molar-refractivity contribution in [3.05, 3.63) is 35.4 Å². The van der Waals surface area contributed by atoms with Crippen molar-refractivity contribution in [3.8, 4) is 0 Å². The number of benzene rings is 1. The lowest BCUT2D eigenvalue weighted by Crippen LogP contribution is -2.01. The van der Waals surface area contributed by atoms with E-state index in [1.807, 2.05) is 12.1 Å². The smallest absolute Gasteiger partial charge is 0.337 e. The van der Waals surface area contributed by atoms with Crippen molar-refractivity contribution in [2.45, 2.75) is 6.42 Å². The Morgan fingerprint density at radius 2 is 1.86 bits per heavy atom. The van der Waals surface area contributed by atoms with Crippen LogP contribution in [0.4, 0.5) is 0 Å². The quantitative estimate of drug-likeness (QED) is 0.684. The van der Waals surface area contributed by atoms with E-state index in [0.29, 0.717) is 12.2 Å². The second-order valence-electron chi connectivity index (χ2n) is 2.93. The van der Waals surface area contributed by atoms with E-state index in [-0.39, 0.29) is 5.97 Å². The number of esters is 1. The molecule has 0 aromatic heterocycles. The zero-order chi connectivity index (χ0) is 10.4. The monoisotopic (exact) mass is 194 g/mol. The summed E-state index contributed by atoms with van der Waals surface area (Å²) in [4.78, 5) is 11.1. The van der Waals surface area contributed by atoms with Gasteiger partial charge in [-0.25, -0.2) is 4.79 Å². The molecule has 1 rings (SSSR count). The van der Waals surface area contributed by atoms with Gasteiger partial charge < -0.3 is 9.47 Å². The second-order valence-corrected chi connectivity index (χ2v) is 2.93. The van der Waals surface area contributed by atoms with Gasteiger partial charge in [-0.2, -0.15) is 0 Å². The highest BCUT2D eigenvalue weighted by molar-refractivity contribution is 5.89. The van der Waals surface area contributed by atoms with E-state index in [1.165, 1.54) is 7.11 Å². The van der Waals surface area contributed by atoms with E-state index < -0.39 is 0 Å². The summed E-state index contributed by atoms with van der Waals surface area (Å²) in [7, 11) is 3.05. The molecule has 0 bridgehead atoms. The van der Waals surface area contributed by atoms with Crippen molar-refractivity contribution >= 4 is 5.97 Å².